The highest BCUT2D eigenvalue weighted by atomic mass is 35.5. The molecule has 0 spiro atoms. The topological polar surface area (TPSA) is 42.0 Å². The van der Waals surface area contributed by atoms with Crippen molar-refractivity contribution in [2.45, 2.75) is 25.7 Å². The second kappa shape index (κ2) is 6.82. The highest BCUT2D eigenvalue weighted by molar-refractivity contribution is 7.15. The molecule has 22 heavy (non-hydrogen) atoms. The first-order chi connectivity index (χ1) is 10.6. The molecule has 1 aromatic carbocycles. The first-order valence-corrected chi connectivity index (χ1v) is 8.62. The summed E-state index contributed by atoms with van der Waals surface area (Å²) in [7, 11) is 0. The van der Waals surface area contributed by atoms with E-state index in [1.807, 2.05) is 0 Å². The van der Waals surface area contributed by atoms with Gasteiger partial charge in [0, 0.05) is 21.0 Å². The monoisotopic (exact) mass is 352 g/mol. The lowest BCUT2D eigenvalue weighted by molar-refractivity contribution is -0.111. The van der Waals surface area contributed by atoms with E-state index in [1.165, 1.54) is 23.8 Å². The van der Waals surface area contributed by atoms with E-state index in [0.29, 0.717) is 15.2 Å². The summed E-state index contributed by atoms with van der Waals surface area (Å²) < 4.78 is 0. The molecule has 0 atom stereocenters. The molecule has 0 unspecified atom stereocenters. The molecule has 1 aliphatic rings. The minimum atomic E-state index is -0.211. The van der Waals surface area contributed by atoms with Crippen molar-refractivity contribution in [3.63, 3.8) is 0 Å². The molecule has 114 valence electrons. The Bertz CT molecular complexity index is 716. The Morgan fingerprint density at radius 1 is 1.27 bits per heavy atom. The number of nitrogens with zero attached hydrogens (tertiary/aromatic N) is 1. The zero-order valence-electron chi connectivity index (χ0n) is 11.7. The fourth-order valence-electron chi connectivity index (χ4n) is 2.35. The van der Waals surface area contributed by atoms with Crippen LogP contribution in [-0.4, -0.2) is 10.9 Å². The van der Waals surface area contributed by atoms with Gasteiger partial charge in [0.15, 0.2) is 5.13 Å². The van der Waals surface area contributed by atoms with E-state index >= 15 is 0 Å². The standard InChI is InChI=1S/C16H14Cl2N2OS/c17-11-7-5-10(12(18)9-11)6-8-15(21)20-16-19-13-3-1-2-4-14(13)22-16/h5-9H,1-4H2,(H,19,20,21)/b8-6+. The Labute approximate surface area is 143 Å². The van der Waals surface area contributed by atoms with Gasteiger partial charge in [-0.05, 0) is 49.5 Å². The third-order valence-corrected chi connectivity index (χ3v) is 5.09. The molecule has 0 saturated carbocycles. The summed E-state index contributed by atoms with van der Waals surface area (Å²) in [5, 5.41) is 4.57. The second-order valence-corrected chi connectivity index (χ2v) is 7.01. The lowest BCUT2D eigenvalue weighted by Gasteiger charge is -2.06. The zero-order chi connectivity index (χ0) is 15.5. The lowest BCUT2D eigenvalue weighted by Crippen LogP contribution is -2.07. The van der Waals surface area contributed by atoms with Crippen LogP contribution in [0.2, 0.25) is 10.0 Å². The summed E-state index contributed by atoms with van der Waals surface area (Å²) >= 11 is 13.5. The molecule has 3 rings (SSSR count). The molecule has 0 saturated heterocycles. The van der Waals surface area contributed by atoms with Crippen molar-refractivity contribution < 1.29 is 4.79 Å². The van der Waals surface area contributed by atoms with Gasteiger partial charge in [-0.2, -0.15) is 0 Å². The molecular formula is C16H14Cl2N2OS. The second-order valence-electron chi connectivity index (χ2n) is 5.08. The van der Waals surface area contributed by atoms with Crippen LogP contribution in [-0.2, 0) is 17.6 Å². The smallest absolute Gasteiger partial charge is 0.250 e. The largest absolute Gasteiger partial charge is 0.298 e. The summed E-state index contributed by atoms with van der Waals surface area (Å²) in [5.74, 6) is -0.211. The quantitative estimate of drug-likeness (QED) is 0.791. The molecule has 6 heteroatoms. The van der Waals surface area contributed by atoms with E-state index in [9.17, 15) is 4.79 Å². The molecule has 1 amide bonds. The van der Waals surface area contributed by atoms with Crippen molar-refractivity contribution in [3.8, 4) is 0 Å². The third kappa shape index (κ3) is 3.69. The van der Waals surface area contributed by atoms with Gasteiger partial charge in [0.1, 0.15) is 0 Å². The van der Waals surface area contributed by atoms with Crippen LogP contribution in [0.1, 0.15) is 29.0 Å². The predicted octanol–water partition coefficient (Wildman–Crippen LogP) is 4.98. The third-order valence-electron chi connectivity index (χ3n) is 3.45. The van der Waals surface area contributed by atoms with Crippen LogP contribution in [0.4, 0.5) is 5.13 Å². The molecule has 3 nitrogen and oxygen atoms in total. The van der Waals surface area contributed by atoms with Crippen LogP contribution < -0.4 is 5.32 Å². The van der Waals surface area contributed by atoms with Crippen molar-refractivity contribution >= 4 is 51.7 Å². The fourth-order valence-corrected chi connectivity index (χ4v) is 3.88. The normalized spacial score (nSPS) is 14.1. The fraction of sp³-hybridized carbons (Fsp3) is 0.250. The molecule has 1 N–H and O–H groups in total. The highest BCUT2D eigenvalue weighted by Gasteiger charge is 2.15. The minimum absolute atomic E-state index is 0.211. The van der Waals surface area contributed by atoms with Crippen molar-refractivity contribution in [1.29, 1.82) is 0 Å². The average Bonchev–Trinajstić information content (AvgIpc) is 2.88. The zero-order valence-corrected chi connectivity index (χ0v) is 14.1. The van der Waals surface area contributed by atoms with Crippen LogP contribution in [0.3, 0.4) is 0 Å². The molecule has 1 heterocycles. The van der Waals surface area contributed by atoms with Crippen molar-refractivity contribution in [2.75, 3.05) is 5.32 Å². The number of thiazole rings is 1. The van der Waals surface area contributed by atoms with Gasteiger partial charge in [-0.25, -0.2) is 4.98 Å². The lowest BCUT2D eigenvalue weighted by atomic mass is 10.0. The van der Waals surface area contributed by atoms with Gasteiger partial charge in [0.2, 0.25) is 5.91 Å². The van der Waals surface area contributed by atoms with Crippen molar-refractivity contribution in [3.05, 3.63) is 50.5 Å². The first kappa shape index (κ1) is 15.5. The molecule has 2 aromatic rings. The van der Waals surface area contributed by atoms with Gasteiger partial charge >= 0.3 is 0 Å². The Morgan fingerprint density at radius 3 is 2.86 bits per heavy atom. The number of benzene rings is 1. The summed E-state index contributed by atoms with van der Waals surface area (Å²) in [6, 6.07) is 5.16. The molecule has 1 aromatic heterocycles. The van der Waals surface area contributed by atoms with Gasteiger partial charge in [0.25, 0.3) is 0 Å². The van der Waals surface area contributed by atoms with Crippen LogP contribution in [0.25, 0.3) is 6.08 Å². The van der Waals surface area contributed by atoms with Gasteiger partial charge in [0.05, 0.1) is 5.69 Å². The van der Waals surface area contributed by atoms with E-state index in [0.717, 1.165) is 24.1 Å². The number of carbonyl (C=O) groups is 1. The van der Waals surface area contributed by atoms with Crippen LogP contribution >= 0.6 is 34.5 Å². The maximum absolute atomic E-state index is 12.0. The molecule has 1 aliphatic carbocycles. The number of carbonyl (C=O) groups excluding carboxylic acids is 1. The SMILES string of the molecule is O=C(/C=C/c1ccc(Cl)cc1Cl)Nc1nc2c(s1)CCCC2. The summed E-state index contributed by atoms with van der Waals surface area (Å²) in [5.41, 5.74) is 1.89. The van der Waals surface area contributed by atoms with Crippen LogP contribution in [0.15, 0.2) is 24.3 Å². The number of amides is 1. The van der Waals surface area contributed by atoms with Crippen LogP contribution in [0.5, 0.6) is 0 Å². The number of aromatic nitrogens is 1. The number of hydrogen-bond donors (Lipinski definition) is 1. The summed E-state index contributed by atoms with van der Waals surface area (Å²) in [4.78, 5) is 17.8. The summed E-state index contributed by atoms with van der Waals surface area (Å²) in [6.45, 7) is 0. The van der Waals surface area contributed by atoms with Gasteiger partial charge < -0.3 is 0 Å². The van der Waals surface area contributed by atoms with Gasteiger partial charge in [-0.3, -0.25) is 10.1 Å². The van der Waals surface area contributed by atoms with Crippen molar-refractivity contribution in [1.82, 2.24) is 4.98 Å². The Morgan fingerprint density at radius 2 is 2.09 bits per heavy atom. The maximum Gasteiger partial charge on any atom is 0.250 e. The Balaban J connectivity index is 1.67. The molecule has 0 bridgehead atoms. The average molecular weight is 353 g/mol. The molecule has 0 aliphatic heterocycles. The molecular weight excluding hydrogens is 339 g/mol. The number of halogens is 2. The minimum Gasteiger partial charge on any atom is -0.298 e. The first-order valence-electron chi connectivity index (χ1n) is 7.04. The number of anilines is 1. The van der Waals surface area contributed by atoms with Crippen LogP contribution in [0, 0.1) is 0 Å². The molecule has 0 radical (unpaired) electrons. The number of aryl methyl sites for hydroxylation is 2. The van der Waals surface area contributed by atoms with E-state index in [2.05, 4.69) is 10.3 Å². The highest BCUT2D eigenvalue weighted by Crippen LogP contribution is 2.29. The van der Waals surface area contributed by atoms with E-state index < -0.39 is 0 Å². The Kier molecular flexibility index (Phi) is 4.81. The van der Waals surface area contributed by atoms with E-state index in [-0.39, 0.29) is 5.91 Å². The van der Waals surface area contributed by atoms with E-state index in [4.69, 9.17) is 23.2 Å². The van der Waals surface area contributed by atoms with E-state index in [1.54, 1.807) is 35.6 Å². The number of rotatable bonds is 3. The van der Waals surface area contributed by atoms with Crippen molar-refractivity contribution in [2.24, 2.45) is 0 Å². The number of hydrogen-bond acceptors (Lipinski definition) is 3. The van der Waals surface area contributed by atoms with Gasteiger partial charge in [-0.15, -0.1) is 11.3 Å². The Hall–Kier alpha value is -1.36. The number of fused-ring (bicyclic) bond motifs is 1. The molecule has 0 fully saturated rings. The van der Waals surface area contributed by atoms with Gasteiger partial charge in [-0.1, -0.05) is 29.3 Å². The number of nitrogens with one attached hydrogen (secondary N) is 1. The summed E-state index contributed by atoms with van der Waals surface area (Å²) in [6.07, 6.45) is 7.59. The predicted molar refractivity (Wildman–Crippen MR) is 92.9 cm³/mol. The maximum atomic E-state index is 12.0.